The van der Waals surface area contributed by atoms with E-state index >= 15 is 0 Å². The van der Waals surface area contributed by atoms with Gasteiger partial charge < -0.3 is 10.2 Å². The number of unbranched alkanes of at least 4 members (excludes halogenated alkanes) is 6. The summed E-state index contributed by atoms with van der Waals surface area (Å²) in [7, 11) is 0. The molecule has 5 nitrogen and oxygen atoms in total. The fourth-order valence-corrected chi connectivity index (χ4v) is 4.91. The Balaban J connectivity index is 1.37. The molecule has 1 fully saturated rings. The van der Waals surface area contributed by atoms with Gasteiger partial charge in [-0.15, -0.1) is 0 Å². The maximum atomic E-state index is 12.7. The van der Waals surface area contributed by atoms with E-state index in [0.717, 1.165) is 39.0 Å². The molecule has 0 aromatic heterocycles. The Hall–Kier alpha value is -2.66. The van der Waals surface area contributed by atoms with Crippen LogP contribution in [0.5, 0.6) is 0 Å². The van der Waals surface area contributed by atoms with Crippen LogP contribution in [-0.2, 0) is 9.59 Å². The van der Waals surface area contributed by atoms with E-state index in [1.165, 1.54) is 43.2 Å². The van der Waals surface area contributed by atoms with E-state index in [-0.39, 0.29) is 17.9 Å². The second-order valence-electron chi connectivity index (χ2n) is 9.61. The maximum Gasteiger partial charge on any atom is 0.224 e. The zero-order chi connectivity index (χ0) is 24.7. The summed E-state index contributed by atoms with van der Waals surface area (Å²) >= 11 is 0. The predicted octanol–water partition coefficient (Wildman–Crippen LogP) is 5.57. The summed E-state index contributed by atoms with van der Waals surface area (Å²) in [6, 6.07) is 21.4. The van der Waals surface area contributed by atoms with Gasteiger partial charge in [-0.3, -0.25) is 14.5 Å². The lowest BCUT2D eigenvalue weighted by Crippen LogP contribution is -2.50. The lowest BCUT2D eigenvalue weighted by molar-refractivity contribution is -0.133. The van der Waals surface area contributed by atoms with Crippen molar-refractivity contribution in [1.82, 2.24) is 15.1 Å². The third-order valence-electron chi connectivity index (χ3n) is 6.93. The first-order valence-electron chi connectivity index (χ1n) is 13.6. The maximum absolute atomic E-state index is 12.7. The molecule has 1 aliphatic heterocycles. The van der Waals surface area contributed by atoms with Crippen molar-refractivity contribution in [3.8, 4) is 0 Å². The molecule has 0 radical (unpaired) electrons. The van der Waals surface area contributed by atoms with E-state index in [9.17, 15) is 9.59 Å². The van der Waals surface area contributed by atoms with Gasteiger partial charge in [-0.2, -0.15) is 0 Å². The molecular weight excluding hydrogens is 434 g/mol. The minimum absolute atomic E-state index is 0.0738. The highest BCUT2D eigenvalue weighted by molar-refractivity contribution is 5.79. The molecule has 3 rings (SSSR count). The molecule has 0 saturated carbocycles. The molecule has 190 valence electrons. The van der Waals surface area contributed by atoms with Crippen LogP contribution in [0.15, 0.2) is 60.7 Å². The van der Waals surface area contributed by atoms with Crippen molar-refractivity contribution in [3.05, 3.63) is 71.8 Å². The number of benzene rings is 2. The zero-order valence-electron chi connectivity index (χ0n) is 21.5. The number of carbonyl (C=O) groups excluding carboxylic acids is 2. The van der Waals surface area contributed by atoms with Crippen molar-refractivity contribution in [2.24, 2.45) is 0 Å². The molecule has 0 aliphatic carbocycles. The first-order chi connectivity index (χ1) is 17.2. The van der Waals surface area contributed by atoms with Crippen LogP contribution in [0.1, 0.15) is 81.9 Å². The summed E-state index contributed by atoms with van der Waals surface area (Å²) in [6.45, 7) is 5.78. The Kier molecular flexibility index (Phi) is 11.8. The van der Waals surface area contributed by atoms with Crippen LogP contribution < -0.4 is 5.32 Å². The van der Waals surface area contributed by atoms with Gasteiger partial charge in [-0.25, -0.2) is 0 Å². The number of rotatable bonds is 14. The summed E-state index contributed by atoms with van der Waals surface area (Å²) in [4.78, 5) is 29.2. The van der Waals surface area contributed by atoms with E-state index < -0.39 is 0 Å². The fourth-order valence-electron chi connectivity index (χ4n) is 4.91. The molecule has 1 saturated heterocycles. The molecule has 35 heavy (non-hydrogen) atoms. The number of piperazine rings is 1. The molecule has 2 aromatic carbocycles. The third-order valence-corrected chi connectivity index (χ3v) is 6.93. The van der Waals surface area contributed by atoms with Gasteiger partial charge in [0.2, 0.25) is 11.8 Å². The van der Waals surface area contributed by atoms with Gasteiger partial charge in [0.05, 0.1) is 6.04 Å². The van der Waals surface area contributed by atoms with E-state index in [2.05, 4.69) is 77.8 Å². The molecule has 0 bridgehead atoms. The monoisotopic (exact) mass is 477 g/mol. The second kappa shape index (κ2) is 15.4. The highest BCUT2D eigenvalue weighted by Gasteiger charge is 2.27. The van der Waals surface area contributed by atoms with Gasteiger partial charge in [0.15, 0.2) is 0 Å². The predicted molar refractivity (Wildman–Crippen MR) is 143 cm³/mol. The Morgan fingerprint density at radius 3 is 1.86 bits per heavy atom. The van der Waals surface area contributed by atoms with Crippen LogP contribution in [0.2, 0.25) is 0 Å². The van der Waals surface area contributed by atoms with Gasteiger partial charge in [-0.05, 0) is 17.5 Å². The first-order valence-corrected chi connectivity index (χ1v) is 13.6. The molecule has 1 N–H and O–H groups in total. The smallest absolute Gasteiger partial charge is 0.224 e. The Labute approximate surface area is 211 Å². The highest BCUT2D eigenvalue weighted by atomic mass is 16.2. The molecule has 5 heteroatoms. The molecule has 2 amide bonds. The topological polar surface area (TPSA) is 52.7 Å². The number of hydrogen-bond donors (Lipinski definition) is 1. The Bertz CT molecular complexity index is 824. The second-order valence-corrected chi connectivity index (χ2v) is 9.61. The van der Waals surface area contributed by atoms with Crippen LogP contribution in [0.4, 0.5) is 0 Å². The van der Waals surface area contributed by atoms with Crippen molar-refractivity contribution in [2.75, 3.05) is 32.7 Å². The van der Waals surface area contributed by atoms with Crippen molar-refractivity contribution < 1.29 is 9.59 Å². The molecule has 0 spiro atoms. The zero-order valence-corrected chi connectivity index (χ0v) is 21.5. The van der Waals surface area contributed by atoms with Crippen molar-refractivity contribution >= 4 is 11.8 Å². The minimum Gasteiger partial charge on any atom is -0.356 e. The standard InChI is InChI=1S/C30H43N3O2/c1-2-3-4-5-6-7-14-19-28(34)31-21-20-29(35)32-22-24-33(25-23-32)30(26-15-10-8-11-16-26)27-17-12-9-13-18-27/h8-13,15-18,30H,2-7,14,19-25H2,1H3,(H,31,34). The van der Waals surface area contributed by atoms with Gasteiger partial charge in [0.1, 0.15) is 0 Å². The quantitative estimate of drug-likeness (QED) is 0.362. The van der Waals surface area contributed by atoms with Crippen LogP contribution in [0, 0.1) is 0 Å². The SMILES string of the molecule is CCCCCCCCCC(=O)NCCC(=O)N1CCN(C(c2ccccc2)c2ccccc2)CC1. The van der Waals surface area contributed by atoms with Crippen LogP contribution in [0.3, 0.4) is 0 Å². The van der Waals surface area contributed by atoms with Crippen molar-refractivity contribution in [2.45, 2.75) is 70.8 Å². The lowest BCUT2D eigenvalue weighted by atomic mass is 9.96. The number of carbonyl (C=O) groups is 2. The first kappa shape index (κ1) is 26.9. The molecular formula is C30H43N3O2. The van der Waals surface area contributed by atoms with E-state index in [1.807, 2.05) is 4.90 Å². The molecule has 1 aliphatic rings. The summed E-state index contributed by atoms with van der Waals surface area (Å²) in [5.74, 6) is 0.210. The van der Waals surface area contributed by atoms with Gasteiger partial charge in [0.25, 0.3) is 0 Å². The van der Waals surface area contributed by atoms with Gasteiger partial charge in [-0.1, -0.05) is 106 Å². The highest BCUT2D eigenvalue weighted by Crippen LogP contribution is 2.29. The van der Waals surface area contributed by atoms with Crippen LogP contribution in [0.25, 0.3) is 0 Å². The number of amides is 2. The average molecular weight is 478 g/mol. The average Bonchev–Trinajstić information content (AvgIpc) is 2.90. The van der Waals surface area contributed by atoms with Gasteiger partial charge >= 0.3 is 0 Å². The number of nitrogens with zero attached hydrogens (tertiary/aromatic N) is 2. The Morgan fingerprint density at radius 1 is 0.743 bits per heavy atom. The van der Waals surface area contributed by atoms with Crippen molar-refractivity contribution in [3.63, 3.8) is 0 Å². The summed E-state index contributed by atoms with van der Waals surface area (Å²) in [5, 5.41) is 2.94. The molecule has 1 heterocycles. The molecule has 2 aromatic rings. The minimum atomic E-state index is 0.0738. The summed E-state index contributed by atoms with van der Waals surface area (Å²) < 4.78 is 0. The number of hydrogen-bond acceptors (Lipinski definition) is 3. The van der Waals surface area contributed by atoms with Gasteiger partial charge in [0, 0.05) is 45.6 Å². The Morgan fingerprint density at radius 2 is 1.29 bits per heavy atom. The lowest BCUT2D eigenvalue weighted by Gasteiger charge is -2.40. The largest absolute Gasteiger partial charge is 0.356 e. The third kappa shape index (κ3) is 9.14. The van der Waals surface area contributed by atoms with Crippen LogP contribution in [-0.4, -0.2) is 54.3 Å². The van der Waals surface area contributed by atoms with Crippen molar-refractivity contribution in [1.29, 1.82) is 0 Å². The summed E-state index contributed by atoms with van der Waals surface area (Å²) in [6.07, 6.45) is 9.37. The van der Waals surface area contributed by atoms with E-state index in [0.29, 0.717) is 19.4 Å². The molecule has 0 atom stereocenters. The fraction of sp³-hybridized carbons (Fsp3) is 0.533. The number of nitrogens with one attached hydrogen (secondary N) is 1. The van der Waals surface area contributed by atoms with Crippen LogP contribution >= 0.6 is 0 Å². The van der Waals surface area contributed by atoms with E-state index in [1.54, 1.807) is 0 Å². The normalized spacial score (nSPS) is 14.3. The summed E-state index contributed by atoms with van der Waals surface area (Å²) in [5.41, 5.74) is 2.56. The molecule has 0 unspecified atom stereocenters. The van der Waals surface area contributed by atoms with E-state index in [4.69, 9.17) is 0 Å².